The van der Waals surface area contributed by atoms with E-state index in [1.807, 2.05) is 6.08 Å². The van der Waals surface area contributed by atoms with Crippen molar-refractivity contribution in [1.29, 1.82) is 0 Å². The lowest BCUT2D eigenvalue weighted by Gasteiger charge is -2.11. The van der Waals surface area contributed by atoms with Crippen LogP contribution in [0.1, 0.15) is 84.0 Å². The largest absolute Gasteiger partial charge is 0.395 e. The first kappa shape index (κ1) is 24.4. The maximum atomic E-state index is 9.52. The van der Waals surface area contributed by atoms with Gasteiger partial charge in [-0.2, -0.15) is 0 Å². The first-order valence-corrected chi connectivity index (χ1v) is 8.93. The summed E-state index contributed by atoms with van der Waals surface area (Å²) in [5, 5.41) is 18.3. The minimum atomic E-state index is -0.720. The van der Waals surface area contributed by atoms with Gasteiger partial charge < -0.3 is 15.9 Å². The van der Waals surface area contributed by atoms with Gasteiger partial charge in [-0.1, -0.05) is 83.3 Å². The predicted molar refractivity (Wildman–Crippen MR) is 102 cm³/mol. The standard InChI is InChI=1S/C18H37NO2.BrH/c1-2-3-4-5-6-7-8-9-10-11-12-13-14-15-18(21)17(19)16-20;/h14-15,17-18,20-21H,2-13,16,19H2,1H3;1H/b15-14+;/t17-,18+;/m0./s1. The second-order valence-corrected chi connectivity index (χ2v) is 6.09. The number of hydrogen-bond donors (Lipinski definition) is 3. The summed E-state index contributed by atoms with van der Waals surface area (Å²) in [6.45, 7) is 2.08. The SMILES string of the molecule is Br.CCCCCCCCCCCCC/C=C/[C@@H](O)[C@@H](N)CO. The Hall–Kier alpha value is 0.1000. The monoisotopic (exact) mass is 379 g/mol. The van der Waals surface area contributed by atoms with Crippen LogP contribution in [0.5, 0.6) is 0 Å². The summed E-state index contributed by atoms with van der Waals surface area (Å²) in [6.07, 6.45) is 18.8. The van der Waals surface area contributed by atoms with Gasteiger partial charge in [0.2, 0.25) is 0 Å². The lowest BCUT2D eigenvalue weighted by atomic mass is 10.0. The molecule has 0 saturated heterocycles. The molecule has 0 aromatic heterocycles. The van der Waals surface area contributed by atoms with E-state index in [1.165, 1.54) is 70.6 Å². The van der Waals surface area contributed by atoms with Crippen molar-refractivity contribution in [2.75, 3.05) is 6.61 Å². The highest BCUT2D eigenvalue weighted by molar-refractivity contribution is 8.93. The van der Waals surface area contributed by atoms with Crippen molar-refractivity contribution in [2.24, 2.45) is 5.73 Å². The molecule has 0 aliphatic rings. The average molecular weight is 380 g/mol. The lowest BCUT2D eigenvalue weighted by molar-refractivity contribution is 0.144. The Morgan fingerprint density at radius 1 is 0.864 bits per heavy atom. The highest BCUT2D eigenvalue weighted by Crippen LogP contribution is 2.12. The molecule has 0 spiro atoms. The van der Waals surface area contributed by atoms with Gasteiger partial charge in [-0.05, 0) is 12.8 Å². The topological polar surface area (TPSA) is 66.5 Å². The highest BCUT2D eigenvalue weighted by atomic mass is 79.9. The van der Waals surface area contributed by atoms with E-state index in [9.17, 15) is 5.11 Å². The molecule has 0 rings (SSSR count). The maximum Gasteiger partial charge on any atom is 0.0894 e. The van der Waals surface area contributed by atoms with E-state index < -0.39 is 12.1 Å². The third kappa shape index (κ3) is 16.5. The van der Waals surface area contributed by atoms with Crippen molar-refractivity contribution in [1.82, 2.24) is 0 Å². The third-order valence-electron chi connectivity index (χ3n) is 3.96. The van der Waals surface area contributed by atoms with Crippen LogP contribution in [0.4, 0.5) is 0 Å². The molecule has 0 radical (unpaired) electrons. The number of aliphatic hydroxyl groups excluding tert-OH is 2. The molecule has 0 heterocycles. The minimum absolute atomic E-state index is 0. The Balaban J connectivity index is 0. The number of aliphatic hydroxyl groups is 2. The Bertz CT molecular complexity index is 237. The molecule has 4 N–H and O–H groups in total. The van der Waals surface area contributed by atoms with Crippen LogP contribution < -0.4 is 5.73 Å². The molecule has 0 bridgehead atoms. The van der Waals surface area contributed by atoms with E-state index in [1.54, 1.807) is 6.08 Å². The van der Waals surface area contributed by atoms with Gasteiger partial charge in [0.05, 0.1) is 18.8 Å². The minimum Gasteiger partial charge on any atom is -0.395 e. The number of rotatable bonds is 15. The van der Waals surface area contributed by atoms with Gasteiger partial charge in [-0.15, -0.1) is 17.0 Å². The average Bonchev–Trinajstić information content (AvgIpc) is 2.50. The number of hydrogen-bond acceptors (Lipinski definition) is 3. The summed E-state index contributed by atoms with van der Waals surface area (Å²) in [5.41, 5.74) is 5.51. The molecule has 134 valence electrons. The Morgan fingerprint density at radius 3 is 1.77 bits per heavy atom. The van der Waals surface area contributed by atoms with Crippen molar-refractivity contribution in [3.63, 3.8) is 0 Å². The quantitative estimate of drug-likeness (QED) is 0.289. The first-order chi connectivity index (χ1) is 10.2. The molecule has 0 saturated carbocycles. The molecule has 2 atom stereocenters. The zero-order chi connectivity index (χ0) is 15.8. The van der Waals surface area contributed by atoms with Crippen molar-refractivity contribution in [2.45, 2.75) is 96.1 Å². The fourth-order valence-electron chi connectivity index (χ4n) is 2.41. The Labute approximate surface area is 148 Å². The number of allylic oxidation sites excluding steroid dienone is 1. The highest BCUT2D eigenvalue weighted by Gasteiger charge is 2.08. The Kier molecular flexibility index (Phi) is 21.2. The maximum absolute atomic E-state index is 9.52. The van der Waals surface area contributed by atoms with Gasteiger partial charge in [0, 0.05) is 0 Å². The van der Waals surface area contributed by atoms with Gasteiger partial charge in [0.15, 0.2) is 0 Å². The van der Waals surface area contributed by atoms with Gasteiger partial charge in [0.1, 0.15) is 0 Å². The van der Waals surface area contributed by atoms with Crippen LogP contribution in [0.2, 0.25) is 0 Å². The molecule has 0 aromatic rings. The van der Waals surface area contributed by atoms with Gasteiger partial charge >= 0.3 is 0 Å². The normalized spacial score (nSPS) is 14.0. The molecule has 0 unspecified atom stereocenters. The van der Waals surface area contributed by atoms with Crippen LogP contribution in [-0.2, 0) is 0 Å². The fourth-order valence-corrected chi connectivity index (χ4v) is 2.41. The van der Waals surface area contributed by atoms with Crippen LogP contribution in [0.25, 0.3) is 0 Å². The molecule has 0 aliphatic heterocycles. The zero-order valence-corrected chi connectivity index (χ0v) is 16.1. The van der Waals surface area contributed by atoms with Gasteiger partial charge in [-0.3, -0.25) is 0 Å². The molecular formula is C18H38BrNO2. The molecule has 4 heteroatoms. The number of nitrogens with two attached hydrogens (primary N) is 1. The smallest absolute Gasteiger partial charge is 0.0894 e. The van der Waals surface area contributed by atoms with Crippen LogP contribution in [0, 0.1) is 0 Å². The van der Waals surface area contributed by atoms with Gasteiger partial charge in [0.25, 0.3) is 0 Å². The summed E-state index contributed by atoms with van der Waals surface area (Å²) in [6, 6.07) is -0.557. The van der Waals surface area contributed by atoms with Crippen molar-refractivity contribution in [3.05, 3.63) is 12.2 Å². The second-order valence-electron chi connectivity index (χ2n) is 6.09. The van der Waals surface area contributed by atoms with E-state index in [2.05, 4.69) is 6.92 Å². The van der Waals surface area contributed by atoms with E-state index in [4.69, 9.17) is 10.8 Å². The summed E-state index contributed by atoms with van der Waals surface area (Å²) < 4.78 is 0. The van der Waals surface area contributed by atoms with E-state index in [0.29, 0.717) is 0 Å². The van der Waals surface area contributed by atoms with Crippen molar-refractivity contribution < 1.29 is 10.2 Å². The van der Waals surface area contributed by atoms with E-state index in [-0.39, 0.29) is 23.6 Å². The van der Waals surface area contributed by atoms with Crippen molar-refractivity contribution in [3.8, 4) is 0 Å². The van der Waals surface area contributed by atoms with Crippen LogP contribution >= 0.6 is 17.0 Å². The number of halogens is 1. The van der Waals surface area contributed by atoms with Crippen LogP contribution in [0.15, 0.2) is 12.2 Å². The number of unbranched alkanes of at least 4 members (excludes halogenated alkanes) is 11. The first-order valence-electron chi connectivity index (χ1n) is 8.93. The fraction of sp³-hybridized carbons (Fsp3) is 0.889. The van der Waals surface area contributed by atoms with E-state index in [0.717, 1.165) is 6.42 Å². The molecule has 22 heavy (non-hydrogen) atoms. The predicted octanol–water partition coefficient (Wildman–Crippen LogP) is 4.50. The van der Waals surface area contributed by atoms with Crippen molar-refractivity contribution >= 4 is 17.0 Å². The second kappa shape index (κ2) is 19.1. The molecule has 0 amide bonds. The Morgan fingerprint density at radius 2 is 1.32 bits per heavy atom. The third-order valence-corrected chi connectivity index (χ3v) is 3.96. The summed E-state index contributed by atoms with van der Waals surface area (Å²) in [4.78, 5) is 0. The summed E-state index contributed by atoms with van der Waals surface area (Å²) in [5.74, 6) is 0. The van der Waals surface area contributed by atoms with Gasteiger partial charge in [-0.25, -0.2) is 0 Å². The molecule has 0 fully saturated rings. The molecule has 0 aliphatic carbocycles. The van der Waals surface area contributed by atoms with E-state index >= 15 is 0 Å². The lowest BCUT2D eigenvalue weighted by Crippen LogP contribution is -2.36. The van der Waals surface area contributed by atoms with Crippen LogP contribution in [-0.4, -0.2) is 29.0 Å². The zero-order valence-electron chi connectivity index (χ0n) is 14.4. The molecule has 3 nitrogen and oxygen atoms in total. The molecule has 0 aromatic carbocycles. The molecular weight excluding hydrogens is 342 g/mol. The summed E-state index contributed by atoms with van der Waals surface area (Å²) >= 11 is 0. The van der Waals surface area contributed by atoms with Crippen LogP contribution in [0.3, 0.4) is 0 Å². The summed E-state index contributed by atoms with van der Waals surface area (Å²) in [7, 11) is 0.